The molecule has 3 saturated carbocycles. The lowest BCUT2D eigenvalue weighted by Crippen LogP contribution is -2.46. The molecular weight excluding hydrogens is 318 g/mol. The predicted octanol–water partition coefficient (Wildman–Crippen LogP) is 3.23. The van der Waals surface area contributed by atoms with E-state index in [4.69, 9.17) is 4.42 Å². The van der Waals surface area contributed by atoms with Crippen LogP contribution in [0, 0.1) is 17.8 Å². The number of aliphatic hydroxyl groups is 1. The molecule has 132 valence electrons. The molecular formula is C19H23N3O3. The maximum Gasteiger partial charge on any atom is 0.319 e. The lowest BCUT2D eigenvalue weighted by atomic mass is 9.85. The molecule has 4 unspecified atom stereocenters. The molecule has 1 heterocycles. The van der Waals surface area contributed by atoms with Crippen molar-refractivity contribution in [2.24, 2.45) is 17.8 Å². The van der Waals surface area contributed by atoms with Gasteiger partial charge in [-0.15, -0.1) is 0 Å². The van der Waals surface area contributed by atoms with Gasteiger partial charge in [-0.25, -0.2) is 9.78 Å². The Labute approximate surface area is 146 Å². The molecule has 6 nitrogen and oxygen atoms in total. The summed E-state index contributed by atoms with van der Waals surface area (Å²) >= 11 is 0. The van der Waals surface area contributed by atoms with Gasteiger partial charge in [-0.05, 0) is 56.1 Å². The molecule has 3 N–H and O–H groups in total. The Morgan fingerprint density at radius 3 is 2.88 bits per heavy atom. The van der Waals surface area contributed by atoms with Crippen molar-refractivity contribution in [1.29, 1.82) is 0 Å². The van der Waals surface area contributed by atoms with E-state index in [9.17, 15) is 9.90 Å². The zero-order valence-electron chi connectivity index (χ0n) is 14.1. The molecule has 0 aliphatic heterocycles. The van der Waals surface area contributed by atoms with Gasteiger partial charge in [0.05, 0.1) is 0 Å². The number of amides is 2. The number of carbonyl (C=O) groups is 1. The van der Waals surface area contributed by atoms with E-state index in [1.165, 1.54) is 6.42 Å². The van der Waals surface area contributed by atoms with Gasteiger partial charge in [0.2, 0.25) is 0 Å². The molecule has 3 fully saturated rings. The Hall–Kier alpha value is -2.08. The van der Waals surface area contributed by atoms with Crippen LogP contribution in [0.15, 0.2) is 22.6 Å². The van der Waals surface area contributed by atoms with E-state index >= 15 is 0 Å². The van der Waals surface area contributed by atoms with Gasteiger partial charge in [-0.1, -0.05) is 0 Å². The average molecular weight is 341 g/mol. The molecule has 0 radical (unpaired) electrons. The standard InChI is InChI=1S/C19H23N3O3/c23-9-14-11-3-4-12(7-11)17(14)22-19(24)20-13-5-6-15-16(8-13)25-18(21-15)10-1-2-10/h5-6,8,10-12,14,17,23H,1-4,7,9H2,(H2,20,22,24). The fourth-order valence-corrected chi connectivity index (χ4v) is 4.74. The number of carbonyl (C=O) groups excluding carboxylic acids is 1. The quantitative estimate of drug-likeness (QED) is 0.797. The van der Waals surface area contributed by atoms with E-state index in [1.807, 2.05) is 18.2 Å². The molecule has 3 aliphatic carbocycles. The summed E-state index contributed by atoms with van der Waals surface area (Å²) in [6.45, 7) is 0.153. The van der Waals surface area contributed by atoms with Crippen LogP contribution in [0.2, 0.25) is 0 Å². The van der Waals surface area contributed by atoms with Crippen LogP contribution >= 0.6 is 0 Å². The minimum Gasteiger partial charge on any atom is -0.440 e. The van der Waals surface area contributed by atoms with Crippen molar-refractivity contribution >= 4 is 22.8 Å². The number of benzene rings is 1. The number of nitrogens with zero attached hydrogens (tertiary/aromatic N) is 1. The summed E-state index contributed by atoms with van der Waals surface area (Å²) in [6, 6.07) is 5.44. The summed E-state index contributed by atoms with van der Waals surface area (Å²) in [5.41, 5.74) is 2.25. The Balaban J connectivity index is 1.28. The van der Waals surface area contributed by atoms with Gasteiger partial charge in [0.15, 0.2) is 11.5 Å². The molecule has 2 amide bonds. The number of fused-ring (bicyclic) bond motifs is 3. The largest absolute Gasteiger partial charge is 0.440 e. The number of hydrogen-bond acceptors (Lipinski definition) is 4. The molecule has 0 saturated heterocycles. The molecule has 25 heavy (non-hydrogen) atoms. The Kier molecular flexibility index (Phi) is 3.48. The third kappa shape index (κ3) is 2.68. The normalized spacial score (nSPS) is 30.8. The fourth-order valence-electron chi connectivity index (χ4n) is 4.74. The smallest absolute Gasteiger partial charge is 0.319 e. The zero-order chi connectivity index (χ0) is 17.0. The van der Waals surface area contributed by atoms with Crippen LogP contribution in [0.5, 0.6) is 0 Å². The van der Waals surface area contributed by atoms with Crippen molar-refractivity contribution < 1.29 is 14.3 Å². The summed E-state index contributed by atoms with van der Waals surface area (Å²) in [5, 5.41) is 15.6. The maximum absolute atomic E-state index is 12.4. The topological polar surface area (TPSA) is 87.4 Å². The summed E-state index contributed by atoms with van der Waals surface area (Å²) < 4.78 is 5.81. The molecule has 4 atom stereocenters. The number of urea groups is 1. The minimum absolute atomic E-state index is 0.0826. The number of hydrogen-bond donors (Lipinski definition) is 3. The third-order valence-corrected chi connectivity index (χ3v) is 6.19. The van der Waals surface area contributed by atoms with Crippen LogP contribution in [-0.4, -0.2) is 28.8 Å². The summed E-state index contributed by atoms with van der Waals surface area (Å²) in [5.74, 6) is 2.55. The molecule has 6 heteroatoms. The van der Waals surface area contributed by atoms with Crippen molar-refractivity contribution in [2.75, 3.05) is 11.9 Å². The second-order valence-corrected chi connectivity index (χ2v) is 7.81. The number of anilines is 1. The monoisotopic (exact) mass is 341 g/mol. The van der Waals surface area contributed by atoms with Crippen molar-refractivity contribution in [3.63, 3.8) is 0 Å². The van der Waals surface area contributed by atoms with Crippen LogP contribution < -0.4 is 10.6 Å². The van der Waals surface area contributed by atoms with Crippen LogP contribution in [0.1, 0.15) is 43.9 Å². The van der Waals surface area contributed by atoms with Crippen molar-refractivity contribution in [3.8, 4) is 0 Å². The van der Waals surface area contributed by atoms with Crippen molar-refractivity contribution in [3.05, 3.63) is 24.1 Å². The van der Waals surface area contributed by atoms with E-state index in [0.717, 1.165) is 37.1 Å². The lowest BCUT2D eigenvalue weighted by Gasteiger charge is -2.30. The molecule has 3 aliphatic rings. The van der Waals surface area contributed by atoms with E-state index in [2.05, 4.69) is 15.6 Å². The Morgan fingerprint density at radius 1 is 1.24 bits per heavy atom. The fraction of sp³-hybridized carbons (Fsp3) is 0.579. The number of oxazole rings is 1. The molecule has 2 aromatic rings. The number of aliphatic hydroxyl groups excluding tert-OH is 1. The highest BCUT2D eigenvalue weighted by Gasteiger charge is 2.47. The van der Waals surface area contributed by atoms with Crippen LogP contribution in [0.3, 0.4) is 0 Å². The van der Waals surface area contributed by atoms with Gasteiger partial charge in [0, 0.05) is 36.2 Å². The van der Waals surface area contributed by atoms with Gasteiger partial charge in [0.25, 0.3) is 0 Å². The minimum atomic E-state index is -0.211. The van der Waals surface area contributed by atoms with Gasteiger partial charge in [-0.2, -0.15) is 0 Å². The van der Waals surface area contributed by atoms with Crippen LogP contribution in [-0.2, 0) is 0 Å². The van der Waals surface area contributed by atoms with Crippen molar-refractivity contribution in [2.45, 2.75) is 44.1 Å². The van der Waals surface area contributed by atoms with Gasteiger partial charge in [-0.3, -0.25) is 0 Å². The molecule has 5 rings (SSSR count). The van der Waals surface area contributed by atoms with E-state index in [-0.39, 0.29) is 24.6 Å². The van der Waals surface area contributed by atoms with Crippen molar-refractivity contribution in [1.82, 2.24) is 10.3 Å². The summed E-state index contributed by atoms with van der Waals surface area (Å²) in [4.78, 5) is 16.9. The van der Waals surface area contributed by atoms with Gasteiger partial charge < -0.3 is 20.2 Å². The first-order valence-electron chi connectivity index (χ1n) is 9.30. The first kappa shape index (κ1) is 15.2. The zero-order valence-corrected chi connectivity index (χ0v) is 14.1. The Bertz CT molecular complexity index is 813. The summed E-state index contributed by atoms with van der Waals surface area (Å²) in [7, 11) is 0. The molecule has 1 aromatic carbocycles. The second-order valence-electron chi connectivity index (χ2n) is 7.81. The van der Waals surface area contributed by atoms with Crippen LogP contribution in [0.4, 0.5) is 10.5 Å². The predicted molar refractivity (Wildman–Crippen MR) is 93.3 cm³/mol. The lowest BCUT2D eigenvalue weighted by molar-refractivity contribution is 0.146. The van der Waals surface area contributed by atoms with Gasteiger partial charge in [0.1, 0.15) is 5.52 Å². The SMILES string of the molecule is O=C(Nc1ccc2nc(C3CC3)oc2c1)NC1C2CCC(C2)C1CO. The molecule has 0 spiro atoms. The number of nitrogens with one attached hydrogen (secondary N) is 2. The first-order valence-corrected chi connectivity index (χ1v) is 9.30. The molecule has 2 bridgehead atoms. The van der Waals surface area contributed by atoms with Gasteiger partial charge >= 0.3 is 6.03 Å². The van der Waals surface area contributed by atoms with E-state index < -0.39 is 0 Å². The highest BCUT2D eigenvalue weighted by atomic mass is 16.3. The second kappa shape index (κ2) is 5.73. The third-order valence-electron chi connectivity index (χ3n) is 6.19. The van der Waals surface area contributed by atoms with E-state index in [1.54, 1.807) is 0 Å². The molecule has 1 aromatic heterocycles. The van der Waals surface area contributed by atoms with E-state index in [0.29, 0.717) is 29.0 Å². The number of aromatic nitrogens is 1. The average Bonchev–Trinajstić information content (AvgIpc) is 3.07. The maximum atomic E-state index is 12.4. The summed E-state index contributed by atoms with van der Waals surface area (Å²) in [6.07, 6.45) is 5.76. The highest BCUT2D eigenvalue weighted by Crippen LogP contribution is 2.48. The first-order chi connectivity index (χ1) is 12.2. The number of rotatable bonds is 4. The Morgan fingerprint density at radius 2 is 2.08 bits per heavy atom. The van der Waals surface area contributed by atoms with Crippen LogP contribution in [0.25, 0.3) is 11.1 Å². The highest BCUT2D eigenvalue weighted by molar-refractivity contribution is 5.91.